The van der Waals surface area contributed by atoms with Gasteiger partial charge in [0.15, 0.2) is 0 Å². The molecule has 0 aromatic heterocycles. The summed E-state index contributed by atoms with van der Waals surface area (Å²) in [6, 6.07) is 9.37. The van der Waals surface area contributed by atoms with Crippen molar-refractivity contribution >= 4 is 10.2 Å². The first-order valence-electron chi connectivity index (χ1n) is 6.62. The quantitative estimate of drug-likeness (QED) is 0.806. The maximum atomic E-state index is 12.6. The third-order valence-electron chi connectivity index (χ3n) is 3.17. The second-order valence-corrected chi connectivity index (χ2v) is 6.49. The summed E-state index contributed by atoms with van der Waals surface area (Å²) in [7, 11) is -3.56. The minimum absolute atomic E-state index is 0.0918. The van der Waals surface area contributed by atoms with Gasteiger partial charge in [-0.1, -0.05) is 30.3 Å². The van der Waals surface area contributed by atoms with E-state index in [0.717, 1.165) is 5.56 Å². The van der Waals surface area contributed by atoms with Gasteiger partial charge in [-0.25, -0.2) is 0 Å². The minimum atomic E-state index is -3.56. The molecule has 7 heteroatoms. The molecule has 0 spiro atoms. The Kier molecular flexibility index (Phi) is 5.50. The van der Waals surface area contributed by atoms with Gasteiger partial charge in [-0.05, 0) is 5.56 Å². The summed E-state index contributed by atoms with van der Waals surface area (Å²) >= 11 is 0. The van der Waals surface area contributed by atoms with Gasteiger partial charge in [0.2, 0.25) is 0 Å². The van der Waals surface area contributed by atoms with Crippen LogP contribution in [0.25, 0.3) is 0 Å². The van der Waals surface area contributed by atoms with Crippen molar-refractivity contribution in [2.24, 2.45) is 0 Å². The zero-order valence-corrected chi connectivity index (χ0v) is 12.1. The Hall–Kier alpha value is -0.990. The van der Waals surface area contributed by atoms with Gasteiger partial charge in [-0.2, -0.15) is 17.0 Å². The number of hydrogen-bond acceptors (Lipinski definition) is 4. The topological polar surface area (TPSA) is 70.1 Å². The average molecular weight is 300 g/mol. The third-order valence-corrected chi connectivity index (χ3v) is 5.16. The molecule has 112 valence electrons. The molecule has 1 aromatic rings. The normalized spacial score (nSPS) is 17.5. The number of rotatable bonds is 6. The van der Waals surface area contributed by atoms with Crippen molar-refractivity contribution in [1.82, 2.24) is 8.61 Å². The lowest BCUT2D eigenvalue weighted by molar-refractivity contribution is 0.0695. The first-order chi connectivity index (χ1) is 9.64. The summed E-state index contributed by atoms with van der Waals surface area (Å²) in [5, 5.41) is 9.13. The molecule has 0 bridgehead atoms. The lowest BCUT2D eigenvalue weighted by Gasteiger charge is -2.31. The molecule has 1 N–H and O–H groups in total. The number of aliphatic hydroxyl groups is 1. The van der Waals surface area contributed by atoms with Gasteiger partial charge in [0.25, 0.3) is 10.2 Å². The van der Waals surface area contributed by atoms with Crippen molar-refractivity contribution in [3.05, 3.63) is 35.9 Å². The Labute approximate surface area is 119 Å². The van der Waals surface area contributed by atoms with Crippen molar-refractivity contribution in [3.8, 4) is 0 Å². The van der Waals surface area contributed by atoms with E-state index in [4.69, 9.17) is 9.84 Å². The van der Waals surface area contributed by atoms with Gasteiger partial charge < -0.3 is 9.84 Å². The number of morpholine rings is 1. The number of nitrogens with zero attached hydrogens (tertiary/aromatic N) is 2. The highest BCUT2D eigenvalue weighted by molar-refractivity contribution is 7.86. The van der Waals surface area contributed by atoms with Crippen LogP contribution in [-0.2, 0) is 21.5 Å². The lowest BCUT2D eigenvalue weighted by atomic mass is 10.2. The van der Waals surface area contributed by atoms with Crippen molar-refractivity contribution in [1.29, 1.82) is 0 Å². The highest BCUT2D eigenvalue weighted by Gasteiger charge is 2.30. The Balaban J connectivity index is 2.14. The van der Waals surface area contributed by atoms with Gasteiger partial charge >= 0.3 is 0 Å². The van der Waals surface area contributed by atoms with Crippen LogP contribution in [0.3, 0.4) is 0 Å². The summed E-state index contributed by atoms with van der Waals surface area (Å²) in [5.41, 5.74) is 0.901. The number of hydrogen-bond donors (Lipinski definition) is 1. The van der Waals surface area contributed by atoms with Crippen molar-refractivity contribution in [3.63, 3.8) is 0 Å². The van der Waals surface area contributed by atoms with Crippen molar-refractivity contribution < 1.29 is 18.3 Å². The molecule has 0 atom stereocenters. The summed E-state index contributed by atoms with van der Waals surface area (Å²) in [6.07, 6.45) is 0. The predicted octanol–water partition coefficient (Wildman–Crippen LogP) is 0.0579. The SMILES string of the molecule is O=S(=O)(N1CCOCC1)N(CCO)Cc1ccccc1. The number of benzene rings is 1. The van der Waals surface area contributed by atoms with Crippen LogP contribution in [-0.4, -0.2) is 61.6 Å². The Bertz CT molecular complexity index is 500. The van der Waals surface area contributed by atoms with Crippen LogP contribution >= 0.6 is 0 Å². The highest BCUT2D eigenvalue weighted by atomic mass is 32.2. The maximum Gasteiger partial charge on any atom is 0.282 e. The number of aliphatic hydroxyl groups excluding tert-OH is 1. The Morgan fingerprint density at radius 2 is 1.85 bits per heavy atom. The minimum Gasteiger partial charge on any atom is -0.395 e. The largest absolute Gasteiger partial charge is 0.395 e. The van der Waals surface area contributed by atoms with E-state index in [1.54, 1.807) is 0 Å². The molecule has 6 nitrogen and oxygen atoms in total. The van der Waals surface area contributed by atoms with E-state index < -0.39 is 10.2 Å². The summed E-state index contributed by atoms with van der Waals surface area (Å²) < 4.78 is 33.0. The second-order valence-electron chi connectivity index (χ2n) is 4.56. The van der Waals surface area contributed by atoms with Crippen LogP contribution in [0.2, 0.25) is 0 Å². The van der Waals surface area contributed by atoms with Gasteiger partial charge in [0.05, 0.1) is 19.8 Å². The standard InChI is InChI=1S/C13H20N2O4S/c16-9-6-15(12-13-4-2-1-3-5-13)20(17,18)14-7-10-19-11-8-14/h1-5,16H,6-12H2. The van der Waals surface area contributed by atoms with Crippen LogP contribution in [0.5, 0.6) is 0 Å². The van der Waals surface area contributed by atoms with Crippen molar-refractivity contribution in [2.75, 3.05) is 39.5 Å². The van der Waals surface area contributed by atoms with Gasteiger partial charge in [0, 0.05) is 26.2 Å². The van der Waals surface area contributed by atoms with Crippen LogP contribution < -0.4 is 0 Å². The molecule has 1 aromatic carbocycles. The molecule has 0 radical (unpaired) electrons. The molecular formula is C13H20N2O4S. The zero-order valence-electron chi connectivity index (χ0n) is 11.3. The summed E-state index contributed by atoms with van der Waals surface area (Å²) in [6.45, 7) is 1.71. The smallest absolute Gasteiger partial charge is 0.282 e. The maximum absolute atomic E-state index is 12.6. The molecule has 2 rings (SSSR count). The first kappa shape index (κ1) is 15.4. The monoisotopic (exact) mass is 300 g/mol. The summed E-state index contributed by atoms with van der Waals surface area (Å²) in [5.74, 6) is 0. The van der Waals surface area contributed by atoms with Crippen molar-refractivity contribution in [2.45, 2.75) is 6.54 Å². The van der Waals surface area contributed by atoms with Crippen LogP contribution in [0.1, 0.15) is 5.56 Å². The van der Waals surface area contributed by atoms with E-state index in [9.17, 15) is 8.42 Å². The highest BCUT2D eigenvalue weighted by Crippen LogP contribution is 2.14. The van der Waals surface area contributed by atoms with Gasteiger partial charge in [0.1, 0.15) is 0 Å². The first-order valence-corrected chi connectivity index (χ1v) is 8.02. The van der Waals surface area contributed by atoms with E-state index in [2.05, 4.69) is 0 Å². The van der Waals surface area contributed by atoms with E-state index in [1.165, 1.54) is 8.61 Å². The van der Waals surface area contributed by atoms with Gasteiger partial charge in [-0.15, -0.1) is 0 Å². The third kappa shape index (κ3) is 3.77. The lowest BCUT2D eigenvalue weighted by Crippen LogP contribution is -2.49. The molecule has 0 unspecified atom stereocenters. The molecule has 0 amide bonds. The van der Waals surface area contributed by atoms with E-state index >= 15 is 0 Å². The van der Waals surface area contributed by atoms with Crippen LogP contribution in [0, 0.1) is 0 Å². The zero-order chi connectivity index (χ0) is 14.4. The van der Waals surface area contributed by atoms with Crippen LogP contribution in [0.15, 0.2) is 30.3 Å². The molecule has 1 aliphatic heterocycles. The molecule has 1 heterocycles. The molecule has 0 aliphatic carbocycles. The Morgan fingerprint density at radius 3 is 2.45 bits per heavy atom. The average Bonchev–Trinajstić information content (AvgIpc) is 2.49. The molecule has 1 saturated heterocycles. The molecule has 1 fully saturated rings. The molecular weight excluding hydrogens is 280 g/mol. The van der Waals surface area contributed by atoms with E-state index in [0.29, 0.717) is 26.3 Å². The Morgan fingerprint density at radius 1 is 1.20 bits per heavy atom. The second kappa shape index (κ2) is 7.14. The summed E-state index contributed by atoms with van der Waals surface area (Å²) in [4.78, 5) is 0. The molecule has 0 saturated carbocycles. The van der Waals surface area contributed by atoms with Gasteiger partial charge in [-0.3, -0.25) is 0 Å². The van der Waals surface area contributed by atoms with Crippen LogP contribution in [0.4, 0.5) is 0 Å². The fraction of sp³-hybridized carbons (Fsp3) is 0.538. The fourth-order valence-electron chi connectivity index (χ4n) is 2.12. The molecule has 1 aliphatic rings. The van der Waals surface area contributed by atoms with E-state index in [1.807, 2.05) is 30.3 Å². The number of ether oxygens (including phenoxy) is 1. The van der Waals surface area contributed by atoms with E-state index in [-0.39, 0.29) is 19.7 Å². The molecule has 20 heavy (non-hydrogen) atoms. The fourth-order valence-corrected chi connectivity index (χ4v) is 3.68. The predicted molar refractivity (Wildman–Crippen MR) is 75.2 cm³/mol.